The van der Waals surface area contributed by atoms with Gasteiger partial charge in [-0.15, -0.1) is 6.42 Å². The first-order valence-corrected chi connectivity index (χ1v) is 5.74. The lowest BCUT2D eigenvalue weighted by Crippen LogP contribution is -2.44. The van der Waals surface area contributed by atoms with Crippen LogP contribution < -0.4 is 11.2 Å². The van der Waals surface area contributed by atoms with Crippen molar-refractivity contribution in [1.82, 2.24) is 9.55 Å². The average Bonchev–Trinajstić information content (AvgIpc) is 2.63. The van der Waals surface area contributed by atoms with Gasteiger partial charge in [0.25, 0.3) is 5.56 Å². The van der Waals surface area contributed by atoms with Gasteiger partial charge in [0.2, 0.25) is 0 Å². The third-order valence-electron chi connectivity index (χ3n) is 2.95. The van der Waals surface area contributed by atoms with Crippen molar-refractivity contribution >= 4 is 11.6 Å². The summed E-state index contributed by atoms with van der Waals surface area (Å²) in [6.07, 6.45) is 2.88. The van der Waals surface area contributed by atoms with Crippen LogP contribution in [0.3, 0.4) is 0 Å². The summed E-state index contributed by atoms with van der Waals surface area (Å²) in [6.45, 7) is -0.508. The van der Waals surface area contributed by atoms with Crippen LogP contribution in [0, 0.1) is 12.3 Å². The molecule has 7 nitrogen and oxygen atoms in total. The lowest BCUT2D eigenvalue weighted by molar-refractivity contribution is -0.0464. The Kier molecular flexibility index (Phi) is 3.52. The lowest BCUT2D eigenvalue weighted by Gasteiger charge is -2.25. The Morgan fingerprint density at radius 3 is 2.84 bits per heavy atom. The van der Waals surface area contributed by atoms with E-state index in [4.69, 9.17) is 27.9 Å². The number of terminal acetylenes is 1. The topological polar surface area (TPSA) is 105 Å². The maximum atomic E-state index is 11.7. The highest BCUT2D eigenvalue weighted by atomic mass is 35.5. The second-order valence-corrected chi connectivity index (χ2v) is 4.71. The third-order valence-corrected chi connectivity index (χ3v) is 3.47. The van der Waals surface area contributed by atoms with Crippen molar-refractivity contribution < 1.29 is 14.9 Å². The Balaban J connectivity index is 2.52. The first-order valence-electron chi connectivity index (χ1n) is 5.36. The van der Waals surface area contributed by atoms with E-state index in [9.17, 15) is 14.7 Å². The van der Waals surface area contributed by atoms with E-state index < -0.39 is 41.2 Å². The van der Waals surface area contributed by atoms with Crippen LogP contribution in [0.15, 0.2) is 21.9 Å². The molecule has 19 heavy (non-hydrogen) atoms. The predicted molar refractivity (Wildman–Crippen MR) is 65.7 cm³/mol. The molecule has 1 aliphatic rings. The molecule has 0 aromatic carbocycles. The third kappa shape index (κ3) is 2.09. The molecule has 3 N–H and O–H groups in total. The molecule has 2 heterocycles. The molecule has 0 spiro atoms. The van der Waals surface area contributed by atoms with Gasteiger partial charge in [-0.05, 0) is 0 Å². The van der Waals surface area contributed by atoms with E-state index >= 15 is 0 Å². The lowest BCUT2D eigenvalue weighted by atomic mass is 9.99. The van der Waals surface area contributed by atoms with Crippen molar-refractivity contribution in [3.63, 3.8) is 0 Å². The zero-order valence-electron chi connectivity index (χ0n) is 9.62. The highest BCUT2D eigenvalue weighted by Crippen LogP contribution is 2.42. The van der Waals surface area contributed by atoms with Crippen LogP contribution in [-0.2, 0) is 4.74 Å². The summed E-state index contributed by atoms with van der Waals surface area (Å²) in [5.74, 6) is 2.17. The number of nitrogens with zero attached hydrogens (tertiary/aromatic N) is 1. The number of ether oxygens (including phenoxy) is 1. The number of aromatic amines is 1. The van der Waals surface area contributed by atoms with Crippen LogP contribution >= 0.6 is 11.6 Å². The van der Waals surface area contributed by atoms with Gasteiger partial charge in [0, 0.05) is 12.3 Å². The molecule has 1 saturated heterocycles. The van der Waals surface area contributed by atoms with Gasteiger partial charge in [0.15, 0.2) is 11.1 Å². The summed E-state index contributed by atoms with van der Waals surface area (Å²) in [4.78, 5) is 23.0. The SMILES string of the molecule is C#C[C@@]1(Cl)C(O)[C@@H](CO)O[C@H]1n1ccc(=O)[nH]c1=O. The Bertz CT molecular complexity index is 633. The molecule has 0 bridgehead atoms. The summed E-state index contributed by atoms with van der Waals surface area (Å²) < 4.78 is 6.27. The van der Waals surface area contributed by atoms with Crippen molar-refractivity contribution in [2.45, 2.75) is 23.3 Å². The number of rotatable bonds is 2. The van der Waals surface area contributed by atoms with Crippen molar-refractivity contribution in [1.29, 1.82) is 0 Å². The number of halogens is 1. The minimum atomic E-state index is -1.71. The minimum absolute atomic E-state index is 0.508. The van der Waals surface area contributed by atoms with Crippen molar-refractivity contribution in [3.8, 4) is 12.3 Å². The smallest absolute Gasteiger partial charge is 0.330 e. The van der Waals surface area contributed by atoms with Gasteiger partial charge in [-0.2, -0.15) is 0 Å². The highest BCUT2D eigenvalue weighted by Gasteiger charge is 2.55. The first-order chi connectivity index (χ1) is 8.93. The number of nitrogens with one attached hydrogen (secondary N) is 1. The van der Waals surface area contributed by atoms with Gasteiger partial charge >= 0.3 is 5.69 Å². The second-order valence-electron chi connectivity index (χ2n) is 4.08. The van der Waals surface area contributed by atoms with Crippen LogP contribution in [0.4, 0.5) is 0 Å². The van der Waals surface area contributed by atoms with Gasteiger partial charge in [0.05, 0.1) is 6.61 Å². The van der Waals surface area contributed by atoms with Gasteiger partial charge < -0.3 is 14.9 Å². The fourth-order valence-electron chi connectivity index (χ4n) is 1.94. The maximum Gasteiger partial charge on any atom is 0.330 e. The van der Waals surface area contributed by atoms with Crippen molar-refractivity contribution in [3.05, 3.63) is 33.1 Å². The van der Waals surface area contributed by atoms with Crippen LogP contribution in [0.2, 0.25) is 0 Å². The fourth-order valence-corrected chi connectivity index (χ4v) is 2.23. The summed E-state index contributed by atoms with van der Waals surface area (Å²) in [6, 6.07) is 1.09. The molecular weight excluding hydrogens is 276 g/mol. The molecule has 0 saturated carbocycles. The summed E-state index contributed by atoms with van der Waals surface area (Å²) in [5.41, 5.74) is -1.36. The number of H-pyrrole nitrogens is 1. The molecule has 1 fully saturated rings. The van der Waals surface area contributed by atoms with E-state index in [0.717, 1.165) is 16.8 Å². The van der Waals surface area contributed by atoms with Crippen LogP contribution in [0.1, 0.15) is 6.23 Å². The van der Waals surface area contributed by atoms with Gasteiger partial charge in [-0.3, -0.25) is 14.3 Å². The number of hydrogen-bond acceptors (Lipinski definition) is 5. The Morgan fingerprint density at radius 1 is 1.63 bits per heavy atom. The molecular formula is C11H11ClN2O5. The van der Waals surface area contributed by atoms with Crippen LogP contribution in [0.5, 0.6) is 0 Å². The molecule has 102 valence electrons. The number of aliphatic hydroxyl groups is 2. The number of hydrogen-bond donors (Lipinski definition) is 3. The predicted octanol–water partition coefficient (Wildman–Crippen LogP) is -1.60. The Labute approximate surface area is 112 Å². The first kappa shape index (κ1) is 13.8. The van der Waals surface area contributed by atoms with Gasteiger partial charge in [0.1, 0.15) is 12.2 Å². The van der Waals surface area contributed by atoms with E-state index in [1.807, 2.05) is 4.98 Å². The second kappa shape index (κ2) is 4.83. The zero-order valence-corrected chi connectivity index (χ0v) is 10.4. The zero-order chi connectivity index (χ0) is 14.2. The van der Waals surface area contributed by atoms with Crippen LogP contribution in [0.25, 0.3) is 0 Å². The molecule has 0 amide bonds. The van der Waals surface area contributed by atoms with E-state index in [1.165, 1.54) is 0 Å². The largest absolute Gasteiger partial charge is 0.394 e. The van der Waals surface area contributed by atoms with E-state index in [2.05, 4.69) is 5.92 Å². The summed E-state index contributed by atoms with van der Waals surface area (Å²) in [5, 5.41) is 19.0. The normalized spacial score (nSPS) is 34.1. The van der Waals surface area contributed by atoms with Crippen molar-refractivity contribution in [2.75, 3.05) is 6.61 Å². The minimum Gasteiger partial charge on any atom is -0.394 e. The quantitative estimate of drug-likeness (QED) is 0.449. The molecule has 8 heteroatoms. The monoisotopic (exact) mass is 286 g/mol. The molecule has 4 atom stereocenters. The summed E-state index contributed by atoms with van der Waals surface area (Å²) in [7, 11) is 0. The standard InChI is InChI=1S/C11H11ClN2O5/c1-2-11(12)8(17)6(5-15)19-9(11)14-4-3-7(16)13-10(14)18/h1,3-4,6,8-9,15,17H,5H2,(H,13,16,18)/t6-,8?,9-,11-/m1/s1. The molecule has 1 aromatic rings. The van der Waals surface area contributed by atoms with Crippen molar-refractivity contribution in [2.24, 2.45) is 0 Å². The number of aliphatic hydroxyl groups excluding tert-OH is 2. The van der Waals surface area contributed by atoms with Gasteiger partial charge in [-0.1, -0.05) is 17.5 Å². The molecule has 2 rings (SSSR count). The molecule has 1 unspecified atom stereocenters. The molecule has 0 aliphatic carbocycles. The maximum absolute atomic E-state index is 11.7. The van der Waals surface area contributed by atoms with Crippen LogP contribution in [-0.4, -0.2) is 43.5 Å². The highest BCUT2D eigenvalue weighted by molar-refractivity contribution is 6.27. The molecule has 1 aromatic heterocycles. The van der Waals surface area contributed by atoms with E-state index in [1.54, 1.807) is 0 Å². The molecule has 0 radical (unpaired) electrons. The molecule has 1 aliphatic heterocycles. The van der Waals surface area contributed by atoms with E-state index in [0.29, 0.717) is 0 Å². The number of aromatic nitrogens is 2. The fraction of sp³-hybridized carbons (Fsp3) is 0.455. The van der Waals surface area contributed by atoms with Gasteiger partial charge in [-0.25, -0.2) is 4.79 Å². The Hall–Kier alpha value is -1.59. The van der Waals surface area contributed by atoms with E-state index in [-0.39, 0.29) is 0 Å². The number of alkyl halides is 1. The average molecular weight is 287 g/mol. The summed E-state index contributed by atoms with van der Waals surface area (Å²) >= 11 is 6.12. The Morgan fingerprint density at radius 2 is 2.32 bits per heavy atom.